The smallest absolute Gasteiger partial charge is 0.310 e. The van der Waals surface area contributed by atoms with Gasteiger partial charge in [-0.05, 0) is 29.7 Å². The highest BCUT2D eigenvalue weighted by atomic mass is 16.5. The first-order valence-corrected chi connectivity index (χ1v) is 8.17. The van der Waals surface area contributed by atoms with Crippen LogP contribution in [0.2, 0.25) is 0 Å². The van der Waals surface area contributed by atoms with Crippen molar-refractivity contribution in [3.63, 3.8) is 0 Å². The zero-order valence-electron chi connectivity index (χ0n) is 14.7. The number of esters is 1. The van der Waals surface area contributed by atoms with Crippen molar-refractivity contribution in [2.75, 3.05) is 19.0 Å². The van der Waals surface area contributed by atoms with Crippen molar-refractivity contribution in [2.45, 2.75) is 26.2 Å². The lowest BCUT2D eigenvalue weighted by atomic mass is 10.0. The Labute approximate surface area is 148 Å². The van der Waals surface area contributed by atoms with Crippen LogP contribution < -0.4 is 10.1 Å². The van der Waals surface area contributed by atoms with E-state index in [1.165, 1.54) is 0 Å². The minimum Gasteiger partial charge on any atom is -0.496 e. The number of hydrogen-bond acceptors (Lipinski definition) is 4. The molecule has 0 aliphatic carbocycles. The van der Waals surface area contributed by atoms with Crippen LogP contribution in [-0.2, 0) is 20.7 Å². The predicted octanol–water partition coefficient (Wildman–Crippen LogP) is 3.54. The molecule has 25 heavy (non-hydrogen) atoms. The minimum absolute atomic E-state index is 0.0557. The summed E-state index contributed by atoms with van der Waals surface area (Å²) < 4.78 is 10.2. The molecule has 0 aliphatic heterocycles. The van der Waals surface area contributed by atoms with Crippen LogP contribution in [0.5, 0.6) is 5.75 Å². The van der Waals surface area contributed by atoms with Crippen LogP contribution in [0.3, 0.4) is 0 Å². The van der Waals surface area contributed by atoms with Gasteiger partial charge in [-0.15, -0.1) is 0 Å². The third-order valence-corrected chi connectivity index (χ3v) is 3.73. The fourth-order valence-corrected chi connectivity index (χ4v) is 2.37. The van der Waals surface area contributed by atoms with Gasteiger partial charge >= 0.3 is 5.97 Å². The Hall–Kier alpha value is -2.82. The van der Waals surface area contributed by atoms with Crippen molar-refractivity contribution < 1.29 is 19.1 Å². The summed E-state index contributed by atoms with van der Waals surface area (Å²) in [4.78, 5) is 23.9. The number of rotatable bonds is 7. The first-order valence-electron chi connectivity index (χ1n) is 8.17. The molecule has 2 aromatic carbocycles. The molecule has 0 aromatic heterocycles. The van der Waals surface area contributed by atoms with Gasteiger partial charge in [0.05, 0.1) is 13.5 Å². The van der Waals surface area contributed by atoms with E-state index in [-0.39, 0.29) is 18.9 Å². The summed E-state index contributed by atoms with van der Waals surface area (Å²) in [6.45, 7) is 3.85. The van der Waals surface area contributed by atoms with E-state index in [0.29, 0.717) is 17.4 Å². The summed E-state index contributed by atoms with van der Waals surface area (Å²) in [7, 11) is 1.54. The van der Waals surface area contributed by atoms with Gasteiger partial charge < -0.3 is 14.8 Å². The van der Waals surface area contributed by atoms with Gasteiger partial charge in [0.15, 0.2) is 6.61 Å². The molecule has 0 heterocycles. The normalized spacial score (nSPS) is 10.4. The van der Waals surface area contributed by atoms with Crippen molar-refractivity contribution in [1.29, 1.82) is 0 Å². The largest absolute Gasteiger partial charge is 0.496 e. The number of amides is 1. The molecule has 0 spiro atoms. The van der Waals surface area contributed by atoms with Crippen molar-refractivity contribution in [2.24, 2.45) is 0 Å². The lowest BCUT2D eigenvalue weighted by Crippen LogP contribution is -2.21. The molecule has 0 aliphatic rings. The first-order chi connectivity index (χ1) is 12.0. The van der Waals surface area contributed by atoms with E-state index in [1.807, 2.05) is 30.3 Å². The molecule has 132 valence electrons. The summed E-state index contributed by atoms with van der Waals surface area (Å²) in [5, 5.41) is 2.74. The van der Waals surface area contributed by atoms with E-state index in [0.717, 1.165) is 11.1 Å². The number of hydrogen-bond donors (Lipinski definition) is 1. The second kappa shape index (κ2) is 8.87. The zero-order valence-corrected chi connectivity index (χ0v) is 14.7. The van der Waals surface area contributed by atoms with Gasteiger partial charge in [-0.2, -0.15) is 0 Å². The molecule has 2 rings (SSSR count). The Kier molecular flexibility index (Phi) is 6.57. The van der Waals surface area contributed by atoms with E-state index in [2.05, 4.69) is 19.2 Å². The van der Waals surface area contributed by atoms with E-state index in [4.69, 9.17) is 9.47 Å². The minimum atomic E-state index is -0.476. The predicted molar refractivity (Wildman–Crippen MR) is 96.8 cm³/mol. The number of methoxy groups -OCH3 is 1. The van der Waals surface area contributed by atoms with E-state index < -0.39 is 5.97 Å². The van der Waals surface area contributed by atoms with Crippen molar-refractivity contribution >= 4 is 17.6 Å². The number of carbonyl (C=O) groups is 2. The highest BCUT2D eigenvalue weighted by molar-refractivity contribution is 5.93. The third kappa shape index (κ3) is 5.64. The van der Waals surface area contributed by atoms with Crippen LogP contribution in [0.4, 0.5) is 5.69 Å². The maximum Gasteiger partial charge on any atom is 0.310 e. The maximum absolute atomic E-state index is 12.0. The average molecular weight is 341 g/mol. The summed E-state index contributed by atoms with van der Waals surface area (Å²) in [5.41, 5.74) is 2.54. The Morgan fingerprint density at radius 3 is 2.56 bits per heavy atom. The molecular weight excluding hydrogens is 318 g/mol. The van der Waals surface area contributed by atoms with Gasteiger partial charge in [0.25, 0.3) is 5.91 Å². The van der Waals surface area contributed by atoms with Gasteiger partial charge in [-0.25, -0.2) is 0 Å². The number of ether oxygens (including phenoxy) is 2. The molecule has 0 fully saturated rings. The van der Waals surface area contributed by atoms with Crippen molar-refractivity contribution in [1.82, 2.24) is 0 Å². The molecule has 0 unspecified atom stereocenters. The molecule has 5 heteroatoms. The highest BCUT2D eigenvalue weighted by Crippen LogP contribution is 2.19. The molecule has 2 aromatic rings. The number of nitrogens with one attached hydrogen (secondary N) is 1. The Balaban J connectivity index is 1.85. The van der Waals surface area contributed by atoms with Crippen LogP contribution in [-0.4, -0.2) is 25.6 Å². The second-order valence-electron chi connectivity index (χ2n) is 5.98. The van der Waals surface area contributed by atoms with Gasteiger partial charge in [-0.3, -0.25) is 9.59 Å². The van der Waals surface area contributed by atoms with Gasteiger partial charge in [0.1, 0.15) is 5.75 Å². The van der Waals surface area contributed by atoms with E-state index in [1.54, 1.807) is 25.3 Å². The molecule has 0 bridgehead atoms. The number of benzene rings is 2. The molecular formula is C20H23NO4. The number of anilines is 1. The van der Waals surface area contributed by atoms with E-state index in [9.17, 15) is 9.59 Å². The van der Waals surface area contributed by atoms with Crippen LogP contribution in [0.1, 0.15) is 30.9 Å². The Morgan fingerprint density at radius 1 is 1.08 bits per heavy atom. The van der Waals surface area contributed by atoms with Crippen LogP contribution in [0, 0.1) is 0 Å². The van der Waals surface area contributed by atoms with Crippen LogP contribution >= 0.6 is 0 Å². The number of para-hydroxylation sites is 1. The lowest BCUT2D eigenvalue weighted by Gasteiger charge is -2.10. The fourth-order valence-electron chi connectivity index (χ4n) is 2.37. The topological polar surface area (TPSA) is 64.6 Å². The summed E-state index contributed by atoms with van der Waals surface area (Å²) in [6.07, 6.45) is 0.0557. The Bertz CT molecular complexity index is 740. The van der Waals surface area contributed by atoms with Gasteiger partial charge in [0.2, 0.25) is 0 Å². The summed E-state index contributed by atoms with van der Waals surface area (Å²) in [5.74, 6) is 0.148. The first kappa shape index (κ1) is 18.5. The molecule has 0 atom stereocenters. The van der Waals surface area contributed by atoms with Crippen molar-refractivity contribution in [3.05, 3.63) is 59.7 Å². The summed E-state index contributed by atoms with van der Waals surface area (Å²) >= 11 is 0. The zero-order chi connectivity index (χ0) is 18.2. The molecule has 0 radical (unpaired) electrons. The molecule has 0 saturated heterocycles. The van der Waals surface area contributed by atoms with Crippen LogP contribution in [0.25, 0.3) is 0 Å². The molecule has 5 nitrogen and oxygen atoms in total. The third-order valence-electron chi connectivity index (χ3n) is 3.73. The quantitative estimate of drug-likeness (QED) is 0.782. The lowest BCUT2D eigenvalue weighted by molar-refractivity contribution is -0.146. The standard InChI is InChI=1S/C20H23NO4/c1-14(2)15-8-6-9-17(11-15)21-19(22)13-25-20(23)12-16-7-4-5-10-18(16)24-3/h4-11,14H,12-13H2,1-3H3,(H,21,22). The molecule has 1 N–H and O–H groups in total. The Morgan fingerprint density at radius 2 is 1.84 bits per heavy atom. The van der Waals surface area contributed by atoms with Crippen molar-refractivity contribution in [3.8, 4) is 5.75 Å². The van der Waals surface area contributed by atoms with Crippen LogP contribution in [0.15, 0.2) is 48.5 Å². The maximum atomic E-state index is 12.0. The fraction of sp³-hybridized carbons (Fsp3) is 0.300. The monoisotopic (exact) mass is 341 g/mol. The highest BCUT2D eigenvalue weighted by Gasteiger charge is 2.12. The van der Waals surface area contributed by atoms with Gasteiger partial charge in [-0.1, -0.05) is 44.2 Å². The number of carbonyl (C=O) groups excluding carboxylic acids is 2. The summed E-state index contributed by atoms with van der Waals surface area (Å²) in [6, 6.07) is 14.8. The molecule has 0 saturated carbocycles. The van der Waals surface area contributed by atoms with E-state index >= 15 is 0 Å². The average Bonchev–Trinajstić information content (AvgIpc) is 2.60. The SMILES string of the molecule is COc1ccccc1CC(=O)OCC(=O)Nc1cccc(C(C)C)c1. The van der Waals surface area contributed by atoms with Gasteiger partial charge in [0, 0.05) is 11.3 Å². The molecule has 1 amide bonds. The second-order valence-corrected chi connectivity index (χ2v) is 5.98.